The van der Waals surface area contributed by atoms with Gasteiger partial charge in [0.2, 0.25) is 5.88 Å². The Labute approximate surface area is 110 Å². The lowest BCUT2D eigenvalue weighted by atomic mass is 10.2. The molecular weight excluding hydrogens is 281 g/mol. The molecule has 2 rings (SSSR count). The second-order valence-corrected chi connectivity index (χ2v) is 3.83. The van der Waals surface area contributed by atoms with Gasteiger partial charge in [-0.15, -0.1) is 0 Å². The third-order valence-corrected chi connectivity index (χ3v) is 2.37. The van der Waals surface area contributed by atoms with Crippen LogP contribution in [0.15, 0.2) is 42.5 Å². The molecule has 1 aromatic heterocycles. The summed E-state index contributed by atoms with van der Waals surface area (Å²) >= 11 is 0. The Hall–Kier alpha value is -2.18. The molecule has 0 spiro atoms. The summed E-state index contributed by atoms with van der Waals surface area (Å²) in [5, 5.41) is 0. The molecule has 1 aromatic carbocycles. The van der Waals surface area contributed by atoms with Crippen molar-refractivity contribution in [1.29, 1.82) is 0 Å². The molecule has 0 aliphatic rings. The van der Waals surface area contributed by atoms with Crippen LogP contribution < -0.4 is 4.74 Å². The van der Waals surface area contributed by atoms with Crippen LogP contribution in [-0.2, 0) is 6.18 Å². The molecule has 0 N–H and O–H groups in total. The molecule has 0 aliphatic carbocycles. The normalized spacial score (nSPS) is 11.7. The number of hydrogen-bond acceptors (Lipinski definition) is 2. The summed E-state index contributed by atoms with van der Waals surface area (Å²) in [6.07, 6.45) is -7.19. The van der Waals surface area contributed by atoms with Gasteiger partial charge in [0.1, 0.15) is 11.4 Å². The van der Waals surface area contributed by atoms with Gasteiger partial charge in [-0.2, -0.15) is 13.2 Å². The summed E-state index contributed by atoms with van der Waals surface area (Å²) in [5.41, 5.74) is -1.28. The lowest BCUT2D eigenvalue weighted by molar-refractivity contribution is -0.141. The molecule has 0 unspecified atom stereocenters. The van der Waals surface area contributed by atoms with Gasteiger partial charge in [0.05, 0.1) is 0 Å². The third kappa shape index (κ3) is 3.43. The Balaban J connectivity index is 2.18. The summed E-state index contributed by atoms with van der Waals surface area (Å²) < 4.78 is 67.1. The number of pyridine rings is 1. The molecule has 1 heterocycles. The minimum absolute atomic E-state index is 0.126. The van der Waals surface area contributed by atoms with Gasteiger partial charge < -0.3 is 4.74 Å². The predicted octanol–water partition coefficient (Wildman–Crippen LogP) is 4.83. The fourth-order valence-corrected chi connectivity index (χ4v) is 1.43. The molecule has 7 heteroatoms. The summed E-state index contributed by atoms with van der Waals surface area (Å²) in [7, 11) is 0. The fraction of sp³-hybridized carbons (Fsp3) is 0.154. The number of rotatable bonds is 3. The minimum atomic E-state index is -4.57. The molecule has 0 aliphatic heterocycles. The third-order valence-electron chi connectivity index (χ3n) is 2.37. The van der Waals surface area contributed by atoms with Gasteiger partial charge in [-0.1, -0.05) is 6.07 Å². The van der Waals surface area contributed by atoms with Gasteiger partial charge >= 0.3 is 6.18 Å². The predicted molar refractivity (Wildman–Crippen MR) is 60.7 cm³/mol. The molecule has 0 radical (unpaired) electrons. The number of aromatic nitrogens is 1. The number of nitrogens with zero attached hydrogens (tertiary/aromatic N) is 1. The highest BCUT2D eigenvalue weighted by Crippen LogP contribution is 2.30. The van der Waals surface area contributed by atoms with Crippen molar-refractivity contribution in [3.8, 4) is 11.6 Å². The molecule has 20 heavy (non-hydrogen) atoms. The average Bonchev–Trinajstić information content (AvgIpc) is 2.38. The van der Waals surface area contributed by atoms with Crippen LogP contribution in [-0.4, -0.2) is 4.98 Å². The first-order chi connectivity index (χ1) is 9.36. The Kier molecular flexibility index (Phi) is 3.87. The van der Waals surface area contributed by atoms with E-state index in [0.29, 0.717) is 0 Å². The van der Waals surface area contributed by atoms with Crippen molar-refractivity contribution in [1.82, 2.24) is 4.98 Å². The average molecular weight is 289 g/mol. The van der Waals surface area contributed by atoms with E-state index in [-0.39, 0.29) is 17.2 Å². The van der Waals surface area contributed by atoms with E-state index in [0.717, 1.165) is 24.3 Å². The van der Waals surface area contributed by atoms with Crippen molar-refractivity contribution < 1.29 is 26.7 Å². The zero-order chi connectivity index (χ0) is 14.8. The highest BCUT2D eigenvalue weighted by molar-refractivity contribution is 5.31. The SMILES string of the molecule is FC(F)c1ccc(Oc2cccc(C(F)(F)F)n2)cc1. The Morgan fingerprint density at radius 2 is 1.60 bits per heavy atom. The Morgan fingerprint density at radius 1 is 0.950 bits per heavy atom. The first kappa shape index (κ1) is 14.2. The van der Waals surface area contributed by atoms with Crippen molar-refractivity contribution in [3.63, 3.8) is 0 Å². The topological polar surface area (TPSA) is 22.1 Å². The van der Waals surface area contributed by atoms with E-state index in [1.54, 1.807) is 0 Å². The van der Waals surface area contributed by atoms with E-state index in [1.807, 2.05) is 0 Å². The molecule has 0 bridgehead atoms. The van der Waals surface area contributed by atoms with E-state index in [9.17, 15) is 22.0 Å². The zero-order valence-corrected chi connectivity index (χ0v) is 9.86. The Morgan fingerprint density at radius 3 is 2.15 bits per heavy atom. The maximum Gasteiger partial charge on any atom is 0.433 e. The molecule has 0 amide bonds. The second kappa shape index (κ2) is 5.44. The van der Waals surface area contributed by atoms with Crippen LogP contribution in [0.3, 0.4) is 0 Å². The number of alkyl halides is 5. The van der Waals surface area contributed by atoms with Crippen molar-refractivity contribution >= 4 is 0 Å². The number of ether oxygens (including phenoxy) is 1. The summed E-state index contributed by atoms with van der Waals surface area (Å²) in [6, 6.07) is 7.95. The lowest BCUT2D eigenvalue weighted by Crippen LogP contribution is -2.07. The van der Waals surface area contributed by atoms with Gasteiger partial charge in [-0.25, -0.2) is 13.8 Å². The number of halogens is 5. The van der Waals surface area contributed by atoms with Crippen molar-refractivity contribution in [2.75, 3.05) is 0 Å². The lowest BCUT2D eigenvalue weighted by Gasteiger charge is -2.09. The first-order valence-electron chi connectivity index (χ1n) is 5.46. The largest absolute Gasteiger partial charge is 0.439 e. The maximum absolute atomic E-state index is 12.4. The van der Waals surface area contributed by atoms with Gasteiger partial charge in [-0.3, -0.25) is 0 Å². The zero-order valence-electron chi connectivity index (χ0n) is 9.86. The van der Waals surface area contributed by atoms with Crippen molar-refractivity contribution in [2.24, 2.45) is 0 Å². The van der Waals surface area contributed by atoms with Gasteiger partial charge in [0.15, 0.2) is 0 Å². The van der Waals surface area contributed by atoms with Gasteiger partial charge in [0, 0.05) is 11.6 Å². The summed E-state index contributed by atoms with van der Waals surface area (Å²) in [6.45, 7) is 0. The van der Waals surface area contributed by atoms with E-state index in [4.69, 9.17) is 4.74 Å². The molecule has 2 nitrogen and oxygen atoms in total. The highest BCUT2D eigenvalue weighted by Gasteiger charge is 2.32. The molecule has 106 valence electrons. The first-order valence-corrected chi connectivity index (χ1v) is 5.46. The number of benzene rings is 1. The van der Waals surface area contributed by atoms with E-state index in [1.165, 1.54) is 18.2 Å². The molecule has 0 fully saturated rings. The van der Waals surface area contributed by atoms with Gasteiger partial charge in [0.25, 0.3) is 6.43 Å². The summed E-state index contributed by atoms with van der Waals surface area (Å²) in [5.74, 6) is -0.133. The van der Waals surface area contributed by atoms with Crippen LogP contribution in [0.4, 0.5) is 22.0 Å². The minimum Gasteiger partial charge on any atom is -0.439 e. The maximum atomic E-state index is 12.4. The molecular formula is C13H8F5NO. The summed E-state index contributed by atoms with van der Waals surface area (Å²) in [4.78, 5) is 3.30. The quantitative estimate of drug-likeness (QED) is 0.755. The molecule has 0 atom stereocenters. The van der Waals surface area contributed by atoms with Crippen LogP contribution in [0.25, 0.3) is 0 Å². The van der Waals surface area contributed by atoms with Gasteiger partial charge in [-0.05, 0) is 30.3 Å². The second-order valence-electron chi connectivity index (χ2n) is 3.83. The fourth-order valence-electron chi connectivity index (χ4n) is 1.43. The molecule has 0 saturated heterocycles. The standard InChI is InChI=1S/C13H8F5NO/c14-12(15)8-4-6-9(7-5-8)20-11-3-1-2-10(19-11)13(16,17)18/h1-7,12H. The monoisotopic (exact) mass is 289 g/mol. The molecule has 0 saturated carbocycles. The smallest absolute Gasteiger partial charge is 0.433 e. The Bertz CT molecular complexity index is 580. The van der Waals surface area contributed by atoms with Crippen LogP contribution in [0.5, 0.6) is 11.6 Å². The van der Waals surface area contributed by atoms with Crippen molar-refractivity contribution in [2.45, 2.75) is 12.6 Å². The van der Waals surface area contributed by atoms with Crippen LogP contribution in [0.1, 0.15) is 17.7 Å². The van der Waals surface area contributed by atoms with E-state index in [2.05, 4.69) is 4.98 Å². The van der Waals surface area contributed by atoms with Crippen LogP contribution in [0, 0.1) is 0 Å². The van der Waals surface area contributed by atoms with E-state index >= 15 is 0 Å². The van der Waals surface area contributed by atoms with Crippen LogP contribution in [0.2, 0.25) is 0 Å². The van der Waals surface area contributed by atoms with E-state index < -0.39 is 18.3 Å². The molecule has 2 aromatic rings. The van der Waals surface area contributed by atoms with Crippen molar-refractivity contribution in [3.05, 3.63) is 53.7 Å². The van der Waals surface area contributed by atoms with Crippen LogP contribution >= 0.6 is 0 Å². The highest BCUT2D eigenvalue weighted by atomic mass is 19.4. The number of hydrogen-bond donors (Lipinski definition) is 0.